The van der Waals surface area contributed by atoms with Gasteiger partial charge in [-0.1, -0.05) is 30.8 Å². The normalized spacial score (nSPS) is 19.7. The number of rotatable bonds is 3. The number of aromatic amines is 1. The van der Waals surface area contributed by atoms with Crippen LogP contribution in [0, 0.1) is 0 Å². The standard InChI is InChI=1S/C11H18N6O2/c12-10(16-19)11(5-3-1-2-4-6-11)14-9(18)8-7-13-17-15-8/h7,19H,1-6H2,(H2,12,16)(H,14,18)(H,13,15,17). The molecule has 0 radical (unpaired) electrons. The van der Waals surface area contributed by atoms with Gasteiger partial charge in [0.15, 0.2) is 11.5 Å². The Morgan fingerprint density at radius 2 is 2.11 bits per heavy atom. The second kappa shape index (κ2) is 5.68. The molecule has 8 heteroatoms. The molecule has 2 rings (SSSR count). The van der Waals surface area contributed by atoms with Crippen molar-refractivity contribution in [3.63, 3.8) is 0 Å². The molecule has 1 aliphatic carbocycles. The van der Waals surface area contributed by atoms with Gasteiger partial charge in [-0.25, -0.2) is 0 Å². The maximum absolute atomic E-state index is 12.1. The van der Waals surface area contributed by atoms with E-state index < -0.39 is 5.54 Å². The molecule has 19 heavy (non-hydrogen) atoms. The van der Waals surface area contributed by atoms with E-state index in [9.17, 15) is 4.79 Å². The summed E-state index contributed by atoms with van der Waals surface area (Å²) in [6, 6.07) is 0. The topological polar surface area (TPSA) is 129 Å². The minimum absolute atomic E-state index is 0.0474. The lowest BCUT2D eigenvalue weighted by Gasteiger charge is -2.32. The van der Waals surface area contributed by atoms with E-state index in [-0.39, 0.29) is 17.4 Å². The van der Waals surface area contributed by atoms with Crippen LogP contribution < -0.4 is 11.1 Å². The third kappa shape index (κ3) is 2.83. The van der Waals surface area contributed by atoms with Gasteiger partial charge < -0.3 is 16.3 Å². The lowest BCUT2D eigenvalue weighted by atomic mass is 9.88. The van der Waals surface area contributed by atoms with E-state index in [1.54, 1.807) is 0 Å². The molecule has 1 heterocycles. The Morgan fingerprint density at radius 3 is 2.63 bits per heavy atom. The first kappa shape index (κ1) is 13.3. The van der Waals surface area contributed by atoms with Crippen molar-refractivity contribution in [2.24, 2.45) is 10.9 Å². The summed E-state index contributed by atoms with van der Waals surface area (Å²) in [5.74, 6) is -0.325. The van der Waals surface area contributed by atoms with Gasteiger partial charge in [0, 0.05) is 0 Å². The minimum atomic E-state index is -0.790. The Balaban J connectivity index is 2.20. The number of carbonyl (C=O) groups is 1. The van der Waals surface area contributed by atoms with Crippen LogP contribution >= 0.6 is 0 Å². The van der Waals surface area contributed by atoms with Crippen LogP contribution in [0.15, 0.2) is 11.4 Å². The van der Waals surface area contributed by atoms with E-state index in [0.29, 0.717) is 12.8 Å². The molecule has 1 aliphatic rings. The summed E-state index contributed by atoms with van der Waals surface area (Å²) in [5.41, 5.74) is 5.19. The van der Waals surface area contributed by atoms with Gasteiger partial charge in [-0.2, -0.15) is 15.4 Å². The molecule has 104 valence electrons. The molecule has 0 spiro atoms. The van der Waals surface area contributed by atoms with E-state index in [1.165, 1.54) is 6.20 Å². The SMILES string of the molecule is NC(=NO)C1(NC(=O)c2cn[nH]n2)CCCCCC1. The summed E-state index contributed by atoms with van der Waals surface area (Å²) in [4.78, 5) is 12.1. The van der Waals surface area contributed by atoms with Crippen LogP contribution in [0.4, 0.5) is 0 Å². The van der Waals surface area contributed by atoms with Crippen molar-refractivity contribution in [3.8, 4) is 0 Å². The zero-order valence-electron chi connectivity index (χ0n) is 10.6. The summed E-state index contributed by atoms with van der Waals surface area (Å²) >= 11 is 0. The molecule has 0 unspecified atom stereocenters. The summed E-state index contributed by atoms with van der Waals surface area (Å²) in [6.45, 7) is 0. The molecule has 8 nitrogen and oxygen atoms in total. The molecular formula is C11H18N6O2. The summed E-state index contributed by atoms with van der Waals surface area (Å²) in [5, 5.41) is 24.6. The highest BCUT2D eigenvalue weighted by molar-refractivity contribution is 5.99. The van der Waals surface area contributed by atoms with Crippen LogP contribution in [0.25, 0.3) is 0 Å². The molecule has 1 aromatic heterocycles. The van der Waals surface area contributed by atoms with E-state index in [2.05, 4.69) is 25.9 Å². The first-order valence-corrected chi connectivity index (χ1v) is 6.34. The number of nitrogens with one attached hydrogen (secondary N) is 2. The Hall–Kier alpha value is -2.12. The van der Waals surface area contributed by atoms with Crippen molar-refractivity contribution >= 4 is 11.7 Å². The zero-order valence-corrected chi connectivity index (χ0v) is 10.6. The van der Waals surface area contributed by atoms with Gasteiger partial charge in [0.1, 0.15) is 5.54 Å². The highest BCUT2D eigenvalue weighted by Crippen LogP contribution is 2.27. The van der Waals surface area contributed by atoms with Crippen LogP contribution in [-0.4, -0.2) is 37.9 Å². The monoisotopic (exact) mass is 266 g/mol. The zero-order chi connectivity index (χ0) is 13.7. The van der Waals surface area contributed by atoms with Crippen molar-refractivity contribution in [1.82, 2.24) is 20.7 Å². The largest absolute Gasteiger partial charge is 0.409 e. The molecular weight excluding hydrogens is 248 g/mol. The van der Waals surface area contributed by atoms with Gasteiger partial charge in [-0.3, -0.25) is 4.79 Å². The van der Waals surface area contributed by atoms with Gasteiger partial charge in [-0.05, 0) is 12.8 Å². The van der Waals surface area contributed by atoms with Crippen LogP contribution in [0.2, 0.25) is 0 Å². The van der Waals surface area contributed by atoms with Crippen molar-refractivity contribution in [1.29, 1.82) is 0 Å². The highest BCUT2D eigenvalue weighted by Gasteiger charge is 2.37. The Morgan fingerprint density at radius 1 is 1.42 bits per heavy atom. The average Bonchev–Trinajstić information content (AvgIpc) is 2.86. The van der Waals surface area contributed by atoms with Crippen LogP contribution in [0.5, 0.6) is 0 Å². The predicted octanol–water partition coefficient (Wildman–Crippen LogP) is 0.374. The molecule has 0 aliphatic heterocycles. The number of amidine groups is 1. The fraction of sp³-hybridized carbons (Fsp3) is 0.636. The van der Waals surface area contributed by atoms with Gasteiger partial charge >= 0.3 is 0 Å². The quantitative estimate of drug-likeness (QED) is 0.206. The van der Waals surface area contributed by atoms with Crippen LogP contribution in [0.1, 0.15) is 49.0 Å². The third-order valence-electron chi connectivity index (χ3n) is 3.56. The van der Waals surface area contributed by atoms with E-state index in [4.69, 9.17) is 10.9 Å². The van der Waals surface area contributed by atoms with Gasteiger partial charge in [-0.15, -0.1) is 0 Å². The van der Waals surface area contributed by atoms with Gasteiger partial charge in [0.25, 0.3) is 5.91 Å². The number of amides is 1. The first-order chi connectivity index (χ1) is 9.18. The average molecular weight is 266 g/mol. The lowest BCUT2D eigenvalue weighted by Crippen LogP contribution is -2.57. The third-order valence-corrected chi connectivity index (χ3v) is 3.56. The molecule has 0 bridgehead atoms. The number of nitrogens with zero attached hydrogens (tertiary/aromatic N) is 3. The summed E-state index contributed by atoms with van der Waals surface area (Å²) < 4.78 is 0. The summed E-state index contributed by atoms with van der Waals surface area (Å²) in [7, 11) is 0. The Bertz CT molecular complexity index is 448. The summed E-state index contributed by atoms with van der Waals surface area (Å²) in [6.07, 6.45) is 6.68. The maximum atomic E-state index is 12.1. The van der Waals surface area contributed by atoms with Crippen molar-refractivity contribution in [2.45, 2.75) is 44.1 Å². The van der Waals surface area contributed by atoms with Crippen molar-refractivity contribution in [3.05, 3.63) is 11.9 Å². The molecule has 1 saturated carbocycles. The molecule has 1 aromatic rings. The molecule has 1 fully saturated rings. The van der Waals surface area contributed by atoms with Crippen LogP contribution in [-0.2, 0) is 0 Å². The van der Waals surface area contributed by atoms with Crippen LogP contribution in [0.3, 0.4) is 0 Å². The smallest absolute Gasteiger partial charge is 0.274 e. The number of carbonyl (C=O) groups excluding carboxylic acids is 1. The predicted molar refractivity (Wildman–Crippen MR) is 67.7 cm³/mol. The van der Waals surface area contributed by atoms with Crippen molar-refractivity contribution in [2.75, 3.05) is 0 Å². The molecule has 0 saturated heterocycles. The van der Waals surface area contributed by atoms with E-state index in [0.717, 1.165) is 25.7 Å². The van der Waals surface area contributed by atoms with Gasteiger partial charge in [0.2, 0.25) is 0 Å². The fourth-order valence-electron chi connectivity index (χ4n) is 2.47. The number of nitrogens with two attached hydrogens (primary N) is 1. The second-order valence-electron chi connectivity index (χ2n) is 4.79. The molecule has 5 N–H and O–H groups in total. The Labute approximate surface area is 110 Å². The van der Waals surface area contributed by atoms with Gasteiger partial charge in [0.05, 0.1) is 6.20 Å². The highest BCUT2D eigenvalue weighted by atomic mass is 16.4. The second-order valence-corrected chi connectivity index (χ2v) is 4.79. The van der Waals surface area contributed by atoms with E-state index >= 15 is 0 Å². The number of oxime groups is 1. The molecule has 0 atom stereocenters. The minimum Gasteiger partial charge on any atom is -0.409 e. The molecule has 1 amide bonds. The number of aromatic nitrogens is 3. The number of H-pyrrole nitrogens is 1. The maximum Gasteiger partial charge on any atom is 0.274 e. The number of hydrogen-bond acceptors (Lipinski definition) is 5. The first-order valence-electron chi connectivity index (χ1n) is 6.34. The number of hydrogen-bond donors (Lipinski definition) is 4. The van der Waals surface area contributed by atoms with E-state index in [1.807, 2.05) is 0 Å². The molecule has 0 aromatic carbocycles. The van der Waals surface area contributed by atoms with Crippen molar-refractivity contribution < 1.29 is 10.0 Å². The Kier molecular flexibility index (Phi) is 3.98. The fourth-order valence-corrected chi connectivity index (χ4v) is 2.47. The lowest BCUT2D eigenvalue weighted by molar-refractivity contribution is 0.0910.